The van der Waals surface area contributed by atoms with Gasteiger partial charge in [0.1, 0.15) is 17.1 Å². The number of primary sulfonamides is 1. The zero-order chi connectivity index (χ0) is 20.9. The molecule has 1 amide bonds. The molecule has 0 radical (unpaired) electrons. The lowest BCUT2D eigenvalue weighted by Crippen LogP contribution is -2.22. The van der Waals surface area contributed by atoms with Crippen LogP contribution in [0.3, 0.4) is 0 Å². The average Bonchev–Trinajstić information content (AvgIpc) is 2.65. The number of ether oxygens (including phenoxy) is 3. The van der Waals surface area contributed by atoms with Crippen LogP contribution in [0.4, 0.5) is 5.69 Å². The molecule has 0 saturated heterocycles. The van der Waals surface area contributed by atoms with Crippen molar-refractivity contribution in [3.63, 3.8) is 0 Å². The maximum Gasteiger partial charge on any atom is 0.346 e. The van der Waals surface area contributed by atoms with Crippen LogP contribution in [-0.4, -0.2) is 41.1 Å². The van der Waals surface area contributed by atoms with Gasteiger partial charge in [-0.3, -0.25) is 4.79 Å². The molecule has 0 aliphatic rings. The van der Waals surface area contributed by atoms with Gasteiger partial charge in [0.05, 0.1) is 19.1 Å². The zero-order valence-electron chi connectivity index (χ0n) is 15.5. The van der Waals surface area contributed by atoms with E-state index in [9.17, 15) is 18.0 Å². The van der Waals surface area contributed by atoms with Gasteiger partial charge < -0.3 is 19.5 Å². The summed E-state index contributed by atoms with van der Waals surface area (Å²) in [6.45, 7) is 0.979. The van der Waals surface area contributed by atoms with Crippen molar-refractivity contribution in [2.45, 2.75) is 11.8 Å². The van der Waals surface area contributed by atoms with Gasteiger partial charge in [0, 0.05) is 5.69 Å². The Labute approximate surface area is 162 Å². The van der Waals surface area contributed by atoms with Crippen LogP contribution in [0.1, 0.15) is 15.9 Å². The van der Waals surface area contributed by atoms with Crippen LogP contribution in [0.2, 0.25) is 0 Å². The van der Waals surface area contributed by atoms with Gasteiger partial charge >= 0.3 is 5.97 Å². The first-order chi connectivity index (χ1) is 13.2. The van der Waals surface area contributed by atoms with Gasteiger partial charge in [0.2, 0.25) is 10.0 Å². The third kappa shape index (κ3) is 4.99. The highest BCUT2D eigenvalue weighted by Crippen LogP contribution is 2.28. The molecule has 0 bridgehead atoms. The number of nitrogens with one attached hydrogen (secondary N) is 1. The van der Waals surface area contributed by atoms with E-state index in [2.05, 4.69) is 5.32 Å². The van der Waals surface area contributed by atoms with Crippen LogP contribution >= 0.6 is 0 Å². The van der Waals surface area contributed by atoms with Crippen molar-refractivity contribution in [1.82, 2.24) is 0 Å². The number of methoxy groups -OCH3 is 2. The zero-order valence-corrected chi connectivity index (χ0v) is 16.3. The van der Waals surface area contributed by atoms with Gasteiger partial charge in [0.15, 0.2) is 6.61 Å². The lowest BCUT2D eigenvalue weighted by Gasteiger charge is -2.12. The summed E-state index contributed by atoms with van der Waals surface area (Å²) in [5.41, 5.74) is 0.688. The molecule has 0 heterocycles. The van der Waals surface area contributed by atoms with Gasteiger partial charge in [-0.05, 0) is 36.8 Å². The van der Waals surface area contributed by atoms with Gasteiger partial charge in [0.25, 0.3) is 5.91 Å². The molecule has 0 unspecified atom stereocenters. The van der Waals surface area contributed by atoms with Crippen LogP contribution in [0.25, 0.3) is 0 Å². The van der Waals surface area contributed by atoms with Crippen LogP contribution in [0.15, 0.2) is 41.3 Å². The Morgan fingerprint density at radius 1 is 1.07 bits per heavy atom. The average molecular weight is 408 g/mol. The molecule has 9 nitrogen and oxygen atoms in total. The Kier molecular flexibility index (Phi) is 6.60. The topological polar surface area (TPSA) is 134 Å². The lowest BCUT2D eigenvalue weighted by atomic mass is 10.2. The Bertz CT molecular complexity index is 981. The molecular weight excluding hydrogens is 388 g/mol. The van der Waals surface area contributed by atoms with Gasteiger partial charge in [-0.25, -0.2) is 18.4 Å². The molecule has 150 valence electrons. The van der Waals surface area contributed by atoms with E-state index in [0.29, 0.717) is 5.56 Å². The van der Waals surface area contributed by atoms with Gasteiger partial charge in [-0.1, -0.05) is 12.1 Å². The fourth-order valence-electron chi connectivity index (χ4n) is 2.44. The summed E-state index contributed by atoms with van der Waals surface area (Å²) in [7, 11) is -1.16. The Balaban J connectivity index is 2.09. The molecular formula is C18H20N2O7S. The first-order valence-corrected chi connectivity index (χ1v) is 9.53. The molecule has 2 rings (SSSR count). The maximum absolute atomic E-state index is 12.3. The molecule has 0 aliphatic carbocycles. The summed E-state index contributed by atoms with van der Waals surface area (Å²) >= 11 is 0. The van der Waals surface area contributed by atoms with Gasteiger partial charge in [-0.2, -0.15) is 0 Å². The smallest absolute Gasteiger partial charge is 0.346 e. The van der Waals surface area contributed by atoms with E-state index in [0.717, 1.165) is 0 Å². The minimum absolute atomic E-state index is 0.0483. The molecule has 0 saturated carbocycles. The van der Waals surface area contributed by atoms with Crippen LogP contribution < -0.4 is 19.9 Å². The van der Waals surface area contributed by atoms with E-state index in [1.54, 1.807) is 25.1 Å². The van der Waals surface area contributed by atoms with Gasteiger partial charge in [-0.15, -0.1) is 0 Å². The first kappa shape index (κ1) is 21.2. The number of esters is 1. The molecule has 0 spiro atoms. The van der Waals surface area contributed by atoms with E-state index in [-0.39, 0.29) is 27.6 Å². The fourth-order valence-corrected chi connectivity index (χ4v) is 3.25. The Morgan fingerprint density at radius 2 is 1.68 bits per heavy atom. The number of sulfonamides is 1. The highest BCUT2D eigenvalue weighted by molar-refractivity contribution is 7.89. The summed E-state index contributed by atoms with van der Waals surface area (Å²) in [5, 5.41) is 7.59. The second-order valence-electron chi connectivity index (χ2n) is 5.69. The first-order valence-electron chi connectivity index (χ1n) is 7.98. The highest BCUT2D eigenvalue weighted by Gasteiger charge is 2.21. The molecule has 0 aliphatic heterocycles. The summed E-state index contributed by atoms with van der Waals surface area (Å²) in [6.07, 6.45) is 0. The van der Waals surface area contributed by atoms with Crippen molar-refractivity contribution in [1.29, 1.82) is 0 Å². The normalized spacial score (nSPS) is 10.9. The van der Waals surface area contributed by atoms with Crippen LogP contribution in [0, 0.1) is 6.92 Å². The van der Waals surface area contributed by atoms with E-state index >= 15 is 0 Å². The summed E-state index contributed by atoms with van der Waals surface area (Å²) in [6, 6.07) is 8.99. The molecule has 2 aromatic rings. The highest BCUT2D eigenvalue weighted by atomic mass is 32.2. The second-order valence-corrected chi connectivity index (χ2v) is 7.22. The minimum Gasteiger partial charge on any atom is -0.496 e. The van der Waals surface area contributed by atoms with Crippen molar-refractivity contribution in [3.05, 3.63) is 47.5 Å². The van der Waals surface area contributed by atoms with E-state index < -0.39 is 28.5 Å². The van der Waals surface area contributed by atoms with Crippen LogP contribution in [-0.2, 0) is 19.6 Å². The number of hydrogen-bond acceptors (Lipinski definition) is 7. The van der Waals surface area contributed by atoms with Crippen molar-refractivity contribution >= 4 is 27.6 Å². The maximum atomic E-state index is 12.3. The fraction of sp³-hybridized carbons (Fsp3) is 0.222. The van der Waals surface area contributed by atoms with Crippen molar-refractivity contribution < 1.29 is 32.2 Å². The van der Waals surface area contributed by atoms with E-state index in [1.807, 2.05) is 0 Å². The SMILES string of the molecule is COc1cccc(OC)c1C(=O)OCC(=O)Nc1ccc(C)c(S(N)(=O)=O)c1. The molecule has 28 heavy (non-hydrogen) atoms. The number of nitrogens with two attached hydrogens (primary N) is 1. The van der Waals surface area contributed by atoms with Crippen molar-refractivity contribution in [2.24, 2.45) is 5.14 Å². The molecule has 2 aromatic carbocycles. The molecule has 0 atom stereocenters. The predicted molar refractivity (Wildman–Crippen MR) is 101 cm³/mol. The summed E-state index contributed by atoms with van der Waals surface area (Å²) in [5.74, 6) is -0.993. The third-order valence-corrected chi connectivity index (χ3v) is 4.80. The standard InChI is InChI=1S/C18H20N2O7S/c1-11-7-8-12(9-15(11)28(19,23)24)20-16(21)10-27-18(22)17-13(25-2)5-4-6-14(17)26-3/h4-9H,10H2,1-3H3,(H,20,21)(H2,19,23,24). The molecule has 0 fully saturated rings. The van der Waals surface area contributed by atoms with Crippen LogP contribution in [0.5, 0.6) is 11.5 Å². The number of hydrogen-bond donors (Lipinski definition) is 2. The van der Waals surface area contributed by atoms with Crippen molar-refractivity contribution in [2.75, 3.05) is 26.1 Å². The molecule has 3 N–H and O–H groups in total. The van der Waals surface area contributed by atoms with E-state index in [4.69, 9.17) is 19.3 Å². The number of benzene rings is 2. The number of carbonyl (C=O) groups is 2. The largest absolute Gasteiger partial charge is 0.496 e. The second kappa shape index (κ2) is 8.72. The third-order valence-electron chi connectivity index (χ3n) is 3.74. The molecule has 10 heteroatoms. The number of carbonyl (C=O) groups excluding carboxylic acids is 2. The molecule has 0 aromatic heterocycles. The Hall–Kier alpha value is -3.11. The van der Waals surface area contributed by atoms with E-state index in [1.165, 1.54) is 32.4 Å². The lowest BCUT2D eigenvalue weighted by molar-refractivity contribution is -0.119. The quantitative estimate of drug-likeness (QED) is 0.662. The number of aryl methyl sites for hydroxylation is 1. The number of amides is 1. The number of anilines is 1. The number of rotatable bonds is 7. The summed E-state index contributed by atoms with van der Waals surface area (Å²) < 4.78 is 38.4. The summed E-state index contributed by atoms with van der Waals surface area (Å²) in [4.78, 5) is 24.3. The predicted octanol–water partition coefficient (Wildman–Crippen LogP) is 1.46. The van der Waals surface area contributed by atoms with Crippen molar-refractivity contribution in [3.8, 4) is 11.5 Å². The monoisotopic (exact) mass is 408 g/mol. The minimum atomic E-state index is -3.93. The Morgan fingerprint density at radius 3 is 2.21 bits per heavy atom.